The molecule has 0 N–H and O–H groups in total. The molecule has 0 aliphatic heterocycles. The SMILES string of the molecule is CC.CC(C)C(=O)N=CCCC1CC1. The molecule has 1 aliphatic carbocycles. The quantitative estimate of drug-likeness (QED) is 0.635. The average Bonchev–Trinajstić information content (AvgIpc) is 2.99. The lowest BCUT2D eigenvalue weighted by atomic mass is 10.2. The second-order valence-electron chi connectivity index (χ2n) is 3.83. The molecular formula is C12H23NO. The number of aliphatic imine (C=N–C) groups is 1. The van der Waals surface area contributed by atoms with Gasteiger partial charge in [-0.25, -0.2) is 4.99 Å². The molecule has 1 aliphatic rings. The van der Waals surface area contributed by atoms with Crippen LogP contribution in [0.15, 0.2) is 4.99 Å². The lowest BCUT2D eigenvalue weighted by Gasteiger charge is -1.95. The molecule has 2 heteroatoms. The zero-order valence-corrected chi connectivity index (χ0v) is 9.92. The van der Waals surface area contributed by atoms with Gasteiger partial charge in [0.15, 0.2) is 0 Å². The highest BCUT2D eigenvalue weighted by Gasteiger charge is 2.19. The molecule has 0 radical (unpaired) electrons. The van der Waals surface area contributed by atoms with Crippen molar-refractivity contribution in [3.8, 4) is 0 Å². The first kappa shape index (κ1) is 13.3. The van der Waals surface area contributed by atoms with E-state index in [0.717, 1.165) is 12.3 Å². The van der Waals surface area contributed by atoms with Gasteiger partial charge in [-0.15, -0.1) is 0 Å². The molecule has 0 spiro atoms. The molecule has 1 fully saturated rings. The Balaban J connectivity index is 0.000000791. The van der Waals surface area contributed by atoms with Crippen molar-refractivity contribution in [1.82, 2.24) is 0 Å². The van der Waals surface area contributed by atoms with E-state index in [2.05, 4.69) is 4.99 Å². The van der Waals surface area contributed by atoms with E-state index in [1.807, 2.05) is 27.7 Å². The molecule has 0 atom stereocenters. The second kappa shape index (κ2) is 7.72. The van der Waals surface area contributed by atoms with Crippen LogP contribution in [0.5, 0.6) is 0 Å². The summed E-state index contributed by atoms with van der Waals surface area (Å²) in [6.07, 6.45) is 6.73. The molecule has 0 aromatic rings. The summed E-state index contributed by atoms with van der Waals surface area (Å²) in [7, 11) is 0. The van der Waals surface area contributed by atoms with Gasteiger partial charge in [-0.2, -0.15) is 0 Å². The molecule has 2 nitrogen and oxygen atoms in total. The van der Waals surface area contributed by atoms with Crippen LogP contribution in [0.25, 0.3) is 0 Å². The number of hydrogen-bond donors (Lipinski definition) is 0. The van der Waals surface area contributed by atoms with Crippen LogP contribution < -0.4 is 0 Å². The number of carbonyl (C=O) groups excluding carboxylic acids is 1. The predicted octanol–water partition coefficient (Wildman–Crippen LogP) is 3.46. The standard InChI is InChI=1S/C10H17NO.C2H6/c1-8(2)10(12)11-7-3-4-9-5-6-9;1-2/h7-9H,3-6H2,1-2H3;1-2H3. The van der Waals surface area contributed by atoms with Crippen LogP contribution in [-0.2, 0) is 4.79 Å². The van der Waals surface area contributed by atoms with Crippen molar-refractivity contribution < 1.29 is 4.79 Å². The van der Waals surface area contributed by atoms with Crippen molar-refractivity contribution in [3.63, 3.8) is 0 Å². The van der Waals surface area contributed by atoms with Crippen molar-refractivity contribution in [2.75, 3.05) is 0 Å². The molecule has 0 aromatic heterocycles. The maximum atomic E-state index is 11.0. The third-order valence-corrected chi connectivity index (χ3v) is 2.11. The summed E-state index contributed by atoms with van der Waals surface area (Å²) >= 11 is 0. The molecule has 14 heavy (non-hydrogen) atoms. The second-order valence-corrected chi connectivity index (χ2v) is 3.83. The summed E-state index contributed by atoms with van der Waals surface area (Å²) in [5.74, 6) is 0.985. The fourth-order valence-electron chi connectivity index (χ4n) is 1.02. The van der Waals surface area contributed by atoms with Crippen LogP contribution in [0.4, 0.5) is 0 Å². The van der Waals surface area contributed by atoms with E-state index in [0.29, 0.717) is 0 Å². The summed E-state index contributed by atoms with van der Waals surface area (Å²) in [5, 5.41) is 0. The van der Waals surface area contributed by atoms with Gasteiger partial charge >= 0.3 is 0 Å². The van der Waals surface area contributed by atoms with Gasteiger partial charge in [0, 0.05) is 12.1 Å². The molecular weight excluding hydrogens is 174 g/mol. The Hall–Kier alpha value is -0.660. The van der Waals surface area contributed by atoms with Gasteiger partial charge in [-0.3, -0.25) is 4.79 Å². The zero-order valence-electron chi connectivity index (χ0n) is 9.92. The van der Waals surface area contributed by atoms with Gasteiger partial charge in [0.2, 0.25) is 5.91 Å². The van der Waals surface area contributed by atoms with Crippen LogP contribution in [0, 0.1) is 11.8 Å². The maximum absolute atomic E-state index is 11.0. The van der Waals surface area contributed by atoms with Crippen LogP contribution in [-0.4, -0.2) is 12.1 Å². The highest BCUT2D eigenvalue weighted by Crippen LogP contribution is 2.32. The largest absolute Gasteiger partial charge is 0.272 e. The Kier molecular flexibility index (Phi) is 7.35. The van der Waals surface area contributed by atoms with E-state index in [1.54, 1.807) is 6.21 Å². The summed E-state index contributed by atoms with van der Waals surface area (Å²) in [6.45, 7) is 7.75. The first-order chi connectivity index (χ1) is 6.70. The summed E-state index contributed by atoms with van der Waals surface area (Å²) in [4.78, 5) is 14.9. The van der Waals surface area contributed by atoms with Crippen molar-refractivity contribution >= 4 is 12.1 Å². The minimum atomic E-state index is 0.00537. The fourth-order valence-corrected chi connectivity index (χ4v) is 1.02. The molecule has 0 bridgehead atoms. The smallest absolute Gasteiger partial charge is 0.247 e. The molecule has 0 aromatic carbocycles. The van der Waals surface area contributed by atoms with Gasteiger partial charge in [0.05, 0.1) is 0 Å². The Bertz CT molecular complexity index is 181. The van der Waals surface area contributed by atoms with Gasteiger partial charge in [-0.05, 0) is 18.8 Å². The number of carbonyl (C=O) groups is 1. The number of hydrogen-bond acceptors (Lipinski definition) is 1. The Morgan fingerprint density at radius 2 is 2.00 bits per heavy atom. The highest BCUT2D eigenvalue weighted by atomic mass is 16.1. The number of rotatable bonds is 4. The molecule has 0 unspecified atom stereocenters. The van der Waals surface area contributed by atoms with Crippen LogP contribution in [0.1, 0.15) is 53.4 Å². The van der Waals surface area contributed by atoms with Gasteiger partial charge < -0.3 is 0 Å². The Morgan fingerprint density at radius 1 is 1.43 bits per heavy atom. The van der Waals surface area contributed by atoms with Crippen LogP contribution in [0.3, 0.4) is 0 Å². The van der Waals surface area contributed by atoms with Crippen molar-refractivity contribution in [3.05, 3.63) is 0 Å². The summed E-state index contributed by atoms with van der Waals surface area (Å²) in [6, 6.07) is 0. The molecule has 0 saturated heterocycles. The Labute approximate surface area is 87.8 Å². The van der Waals surface area contributed by atoms with E-state index < -0.39 is 0 Å². The monoisotopic (exact) mass is 197 g/mol. The summed E-state index contributed by atoms with van der Waals surface area (Å²) < 4.78 is 0. The molecule has 1 amide bonds. The lowest BCUT2D eigenvalue weighted by molar-refractivity contribution is -0.120. The average molecular weight is 197 g/mol. The van der Waals surface area contributed by atoms with Gasteiger partial charge in [0.1, 0.15) is 0 Å². The third-order valence-electron chi connectivity index (χ3n) is 2.11. The molecule has 82 valence electrons. The topological polar surface area (TPSA) is 29.4 Å². The van der Waals surface area contributed by atoms with Crippen molar-refractivity contribution in [2.45, 2.75) is 53.4 Å². The Morgan fingerprint density at radius 3 is 2.43 bits per heavy atom. The first-order valence-electron chi connectivity index (χ1n) is 5.76. The zero-order chi connectivity index (χ0) is 11.0. The molecule has 1 rings (SSSR count). The highest BCUT2D eigenvalue weighted by molar-refractivity contribution is 5.86. The first-order valence-corrected chi connectivity index (χ1v) is 5.76. The van der Waals surface area contributed by atoms with Gasteiger partial charge in [-0.1, -0.05) is 40.5 Å². The van der Waals surface area contributed by atoms with E-state index >= 15 is 0 Å². The van der Waals surface area contributed by atoms with Crippen molar-refractivity contribution in [1.29, 1.82) is 0 Å². The van der Waals surface area contributed by atoms with Crippen LogP contribution in [0.2, 0.25) is 0 Å². The van der Waals surface area contributed by atoms with E-state index in [1.165, 1.54) is 19.3 Å². The maximum Gasteiger partial charge on any atom is 0.247 e. The number of amides is 1. The number of nitrogens with zero attached hydrogens (tertiary/aromatic N) is 1. The minimum absolute atomic E-state index is 0.00537. The summed E-state index contributed by atoms with van der Waals surface area (Å²) in [5.41, 5.74) is 0. The molecule has 1 saturated carbocycles. The van der Waals surface area contributed by atoms with E-state index in [4.69, 9.17) is 0 Å². The normalized spacial score (nSPS) is 15.5. The van der Waals surface area contributed by atoms with Crippen molar-refractivity contribution in [2.24, 2.45) is 16.8 Å². The molecule has 0 heterocycles. The van der Waals surface area contributed by atoms with Gasteiger partial charge in [0.25, 0.3) is 0 Å². The predicted molar refractivity (Wildman–Crippen MR) is 61.6 cm³/mol. The lowest BCUT2D eigenvalue weighted by Crippen LogP contribution is -2.02. The fraction of sp³-hybridized carbons (Fsp3) is 0.833. The van der Waals surface area contributed by atoms with E-state index in [9.17, 15) is 4.79 Å². The third kappa shape index (κ3) is 6.81. The van der Waals surface area contributed by atoms with Crippen LogP contribution >= 0.6 is 0 Å². The minimum Gasteiger partial charge on any atom is -0.272 e. The van der Waals surface area contributed by atoms with E-state index in [-0.39, 0.29) is 11.8 Å².